The summed E-state index contributed by atoms with van der Waals surface area (Å²) in [6, 6.07) is 5.60. The zero-order chi connectivity index (χ0) is 9.26. The smallest absolute Gasteiger partial charge is 0.162 e. The van der Waals surface area contributed by atoms with Gasteiger partial charge < -0.3 is 0 Å². The molecule has 0 aliphatic heterocycles. The Labute approximate surface area is 74.8 Å². The van der Waals surface area contributed by atoms with Crippen molar-refractivity contribution in [3.05, 3.63) is 36.3 Å². The fourth-order valence-corrected chi connectivity index (χ4v) is 1.07. The van der Waals surface area contributed by atoms with Crippen LogP contribution < -0.4 is 0 Å². The van der Waals surface area contributed by atoms with E-state index in [0.29, 0.717) is 11.3 Å². The Balaban J connectivity index is 2.80. The zero-order valence-electron chi connectivity index (χ0n) is 6.81. The van der Waals surface area contributed by atoms with Crippen molar-refractivity contribution in [3.8, 4) is 6.07 Å². The summed E-state index contributed by atoms with van der Waals surface area (Å²) in [6.45, 7) is 3.60. The van der Waals surface area contributed by atoms with Crippen LogP contribution >= 0.6 is 0 Å². The molecule has 4 heteroatoms. The average Bonchev–Trinajstić information content (AvgIpc) is 2.59. The molecule has 0 saturated carbocycles. The van der Waals surface area contributed by atoms with Crippen LogP contribution in [0.15, 0.2) is 24.9 Å². The molecule has 0 atom stereocenters. The lowest BCUT2D eigenvalue weighted by molar-refractivity contribution is 0.912. The number of fused-ring (bicyclic) bond motifs is 1. The van der Waals surface area contributed by atoms with Gasteiger partial charge in [-0.2, -0.15) is 10.4 Å². The first kappa shape index (κ1) is 7.50. The lowest BCUT2D eigenvalue weighted by Gasteiger charge is -1.94. The highest BCUT2D eigenvalue weighted by atomic mass is 15.3. The predicted octanol–water partition coefficient (Wildman–Crippen LogP) is 1.24. The number of imidazole rings is 1. The van der Waals surface area contributed by atoms with Crippen molar-refractivity contribution in [2.24, 2.45) is 0 Å². The van der Waals surface area contributed by atoms with Crippen molar-refractivity contribution in [1.82, 2.24) is 14.6 Å². The Hall–Kier alpha value is -2.15. The number of nitriles is 1. The maximum absolute atomic E-state index is 8.71. The summed E-state index contributed by atoms with van der Waals surface area (Å²) < 4.78 is 1.50. The van der Waals surface area contributed by atoms with Crippen LogP contribution in [0.5, 0.6) is 0 Å². The molecule has 0 N–H and O–H groups in total. The SMILES string of the molecule is C=Cc1ccc2ncc(C#N)n2n1. The van der Waals surface area contributed by atoms with Gasteiger partial charge in [-0.3, -0.25) is 0 Å². The van der Waals surface area contributed by atoms with E-state index in [9.17, 15) is 0 Å². The van der Waals surface area contributed by atoms with Crippen molar-refractivity contribution < 1.29 is 0 Å². The number of hydrogen-bond acceptors (Lipinski definition) is 3. The van der Waals surface area contributed by atoms with Crippen molar-refractivity contribution in [3.63, 3.8) is 0 Å². The molecule has 0 spiro atoms. The Morgan fingerprint density at radius 2 is 2.38 bits per heavy atom. The Morgan fingerprint density at radius 3 is 3.08 bits per heavy atom. The summed E-state index contributed by atoms with van der Waals surface area (Å²) >= 11 is 0. The van der Waals surface area contributed by atoms with E-state index >= 15 is 0 Å². The van der Waals surface area contributed by atoms with Crippen molar-refractivity contribution >= 4 is 11.7 Å². The van der Waals surface area contributed by atoms with Crippen molar-refractivity contribution in [2.75, 3.05) is 0 Å². The summed E-state index contributed by atoms with van der Waals surface area (Å²) in [7, 11) is 0. The molecule has 4 nitrogen and oxygen atoms in total. The second kappa shape index (κ2) is 2.72. The molecule has 2 aromatic rings. The maximum Gasteiger partial charge on any atom is 0.162 e. The second-order valence-corrected chi connectivity index (χ2v) is 2.49. The Morgan fingerprint density at radius 1 is 1.54 bits per heavy atom. The van der Waals surface area contributed by atoms with Gasteiger partial charge in [-0.05, 0) is 18.2 Å². The van der Waals surface area contributed by atoms with Crippen molar-refractivity contribution in [1.29, 1.82) is 5.26 Å². The Bertz CT molecular complexity index is 504. The molecule has 0 saturated heterocycles. The van der Waals surface area contributed by atoms with E-state index in [1.165, 1.54) is 10.7 Å². The van der Waals surface area contributed by atoms with Gasteiger partial charge in [-0.25, -0.2) is 9.50 Å². The highest BCUT2D eigenvalue weighted by Crippen LogP contribution is 2.05. The predicted molar refractivity (Wildman–Crippen MR) is 47.8 cm³/mol. The largest absolute Gasteiger partial charge is 0.234 e. The van der Waals surface area contributed by atoms with Crippen LogP contribution in [0.3, 0.4) is 0 Å². The fraction of sp³-hybridized carbons (Fsp3) is 0. The summed E-state index contributed by atoms with van der Waals surface area (Å²) in [6.07, 6.45) is 3.12. The third-order valence-electron chi connectivity index (χ3n) is 1.71. The van der Waals surface area contributed by atoms with Crippen LogP contribution in [-0.2, 0) is 0 Å². The van der Waals surface area contributed by atoms with E-state index in [0.717, 1.165) is 5.69 Å². The number of rotatable bonds is 1. The molecule has 0 aliphatic rings. The highest BCUT2D eigenvalue weighted by Gasteiger charge is 2.02. The minimum atomic E-state index is 0.429. The number of nitrogens with zero attached hydrogens (tertiary/aromatic N) is 4. The monoisotopic (exact) mass is 170 g/mol. The lowest BCUT2D eigenvalue weighted by atomic mass is 10.4. The van der Waals surface area contributed by atoms with Gasteiger partial charge in [0.25, 0.3) is 0 Å². The van der Waals surface area contributed by atoms with E-state index < -0.39 is 0 Å². The van der Waals surface area contributed by atoms with E-state index in [2.05, 4.69) is 16.7 Å². The normalized spacial score (nSPS) is 9.77. The maximum atomic E-state index is 8.71. The summed E-state index contributed by atoms with van der Waals surface area (Å²) in [5.41, 5.74) is 1.82. The minimum absolute atomic E-state index is 0.429. The molecule has 13 heavy (non-hydrogen) atoms. The van der Waals surface area contributed by atoms with Crippen molar-refractivity contribution in [2.45, 2.75) is 0 Å². The van der Waals surface area contributed by atoms with Crippen LogP contribution in [-0.4, -0.2) is 14.6 Å². The van der Waals surface area contributed by atoms with E-state index in [1.807, 2.05) is 6.07 Å². The molecule has 0 radical (unpaired) electrons. The fourth-order valence-electron chi connectivity index (χ4n) is 1.07. The van der Waals surface area contributed by atoms with Crippen LogP contribution in [0.2, 0.25) is 0 Å². The van der Waals surface area contributed by atoms with Gasteiger partial charge in [0.05, 0.1) is 11.9 Å². The molecule has 62 valence electrons. The quantitative estimate of drug-likeness (QED) is 0.647. The van der Waals surface area contributed by atoms with Gasteiger partial charge in [0, 0.05) is 0 Å². The van der Waals surface area contributed by atoms with Crippen LogP contribution in [0.4, 0.5) is 0 Å². The van der Waals surface area contributed by atoms with Crippen LogP contribution in [0, 0.1) is 11.3 Å². The van der Waals surface area contributed by atoms with E-state index in [1.54, 1.807) is 18.2 Å². The molecular formula is C9H6N4. The molecule has 0 aliphatic carbocycles. The van der Waals surface area contributed by atoms with Gasteiger partial charge in [-0.15, -0.1) is 0 Å². The standard InChI is InChI=1S/C9H6N4/c1-2-7-3-4-9-11-6-8(5-10)13(9)12-7/h2-4,6H,1H2. The first-order chi connectivity index (χ1) is 6.35. The first-order valence-corrected chi connectivity index (χ1v) is 3.72. The molecule has 0 amide bonds. The topological polar surface area (TPSA) is 54.0 Å². The van der Waals surface area contributed by atoms with Gasteiger partial charge >= 0.3 is 0 Å². The third-order valence-corrected chi connectivity index (χ3v) is 1.71. The molecule has 0 aromatic carbocycles. The van der Waals surface area contributed by atoms with Gasteiger partial charge in [0.15, 0.2) is 11.3 Å². The molecular weight excluding hydrogens is 164 g/mol. The van der Waals surface area contributed by atoms with Crippen LogP contribution in [0.1, 0.15) is 11.4 Å². The summed E-state index contributed by atoms with van der Waals surface area (Å²) in [5.74, 6) is 0. The lowest BCUT2D eigenvalue weighted by Crippen LogP contribution is -1.95. The summed E-state index contributed by atoms with van der Waals surface area (Å²) in [4.78, 5) is 4.01. The zero-order valence-corrected chi connectivity index (χ0v) is 6.81. The van der Waals surface area contributed by atoms with Gasteiger partial charge in [-0.1, -0.05) is 6.58 Å². The van der Waals surface area contributed by atoms with Gasteiger partial charge in [0.1, 0.15) is 6.07 Å². The molecule has 0 bridgehead atoms. The molecule has 2 rings (SSSR count). The van der Waals surface area contributed by atoms with E-state index in [4.69, 9.17) is 5.26 Å². The number of aromatic nitrogens is 3. The Kier molecular flexibility index (Phi) is 1.57. The second-order valence-electron chi connectivity index (χ2n) is 2.49. The third kappa shape index (κ3) is 1.07. The van der Waals surface area contributed by atoms with Gasteiger partial charge in [0.2, 0.25) is 0 Å². The number of hydrogen-bond donors (Lipinski definition) is 0. The first-order valence-electron chi connectivity index (χ1n) is 3.72. The molecule has 0 unspecified atom stereocenters. The molecule has 2 heterocycles. The molecule has 0 fully saturated rings. The highest BCUT2D eigenvalue weighted by molar-refractivity contribution is 5.48. The summed E-state index contributed by atoms with van der Waals surface area (Å²) in [5, 5.41) is 12.8. The van der Waals surface area contributed by atoms with E-state index in [-0.39, 0.29) is 0 Å². The average molecular weight is 170 g/mol. The minimum Gasteiger partial charge on any atom is -0.234 e. The molecule has 2 aromatic heterocycles. The van der Waals surface area contributed by atoms with Crippen LogP contribution in [0.25, 0.3) is 11.7 Å².